The maximum absolute atomic E-state index is 11.3. The minimum atomic E-state index is -0.0858. The molecule has 2 unspecified atom stereocenters. The Kier molecular flexibility index (Phi) is 4.22. The molecule has 0 aliphatic heterocycles. The lowest BCUT2D eigenvalue weighted by molar-refractivity contribution is -0.146. The van der Waals surface area contributed by atoms with E-state index in [1.165, 1.54) is 20.0 Å². The van der Waals surface area contributed by atoms with Crippen molar-refractivity contribution in [2.75, 3.05) is 7.11 Å². The number of esters is 1. The van der Waals surface area contributed by atoms with E-state index >= 15 is 0 Å². The zero-order valence-corrected chi connectivity index (χ0v) is 8.29. The van der Waals surface area contributed by atoms with Gasteiger partial charge in [0.1, 0.15) is 0 Å². The van der Waals surface area contributed by atoms with Gasteiger partial charge in [-0.25, -0.2) is 0 Å². The van der Waals surface area contributed by atoms with Crippen LogP contribution in [-0.4, -0.2) is 19.1 Å². The van der Waals surface area contributed by atoms with E-state index in [4.69, 9.17) is 10.5 Å². The molecule has 76 valence electrons. The van der Waals surface area contributed by atoms with Crippen LogP contribution in [0, 0.1) is 5.92 Å². The molecule has 3 nitrogen and oxygen atoms in total. The summed E-state index contributed by atoms with van der Waals surface area (Å²) in [5, 5.41) is 0. The Labute approximate surface area is 79.6 Å². The fourth-order valence-electron chi connectivity index (χ4n) is 1.96. The van der Waals surface area contributed by atoms with Gasteiger partial charge in [0.2, 0.25) is 0 Å². The van der Waals surface area contributed by atoms with Crippen molar-refractivity contribution in [3.63, 3.8) is 0 Å². The molecule has 1 aliphatic carbocycles. The molecule has 0 bridgehead atoms. The second-order valence-corrected chi connectivity index (χ2v) is 3.85. The first kappa shape index (κ1) is 10.5. The second-order valence-electron chi connectivity index (χ2n) is 3.85. The van der Waals surface area contributed by atoms with Crippen molar-refractivity contribution in [1.82, 2.24) is 0 Å². The lowest BCUT2D eigenvalue weighted by Crippen LogP contribution is -2.29. The van der Waals surface area contributed by atoms with Crippen molar-refractivity contribution in [1.29, 1.82) is 0 Å². The number of hydrogen-bond donors (Lipinski definition) is 1. The van der Waals surface area contributed by atoms with Gasteiger partial charge in [-0.15, -0.1) is 0 Å². The summed E-state index contributed by atoms with van der Waals surface area (Å²) in [6.45, 7) is 0. The Bertz CT molecular complexity index is 170. The highest BCUT2D eigenvalue weighted by Crippen LogP contribution is 2.22. The Morgan fingerprint density at radius 2 is 2.00 bits per heavy atom. The van der Waals surface area contributed by atoms with Gasteiger partial charge in [-0.2, -0.15) is 0 Å². The molecule has 0 saturated heterocycles. The number of methoxy groups -OCH3 is 1. The molecule has 0 heterocycles. The van der Waals surface area contributed by atoms with Crippen molar-refractivity contribution in [3.05, 3.63) is 0 Å². The van der Waals surface area contributed by atoms with E-state index in [9.17, 15) is 4.79 Å². The van der Waals surface area contributed by atoms with Crippen LogP contribution in [0.2, 0.25) is 0 Å². The minimum absolute atomic E-state index is 0.0419. The highest BCUT2D eigenvalue weighted by atomic mass is 16.5. The van der Waals surface area contributed by atoms with Crippen molar-refractivity contribution in [3.8, 4) is 0 Å². The van der Waals surface area contributed by atoms with Gasteiger partial charge in [0, 0.05) is 6.04 Å². The van der Waals surface area contributed by atoms with Crippen LogP contribution >= 0.6 is 0 Å². The van der Waals surface area contributed by atoms with Crippen LogP contribution in [0.25, 0.3) is 0 Å². The van der Waals surface area contributed by atoms with Crippen molar-refractivity contribution >= 4 is 5.97 Å². The molecular weight excluding hydrogens is 166 g/mol. The van der Waals surface area contributed by atoms with Crippen molar-refractivity contribution < 1.29 is 9.53 Å². The predicted octanol–water partition coefficient (Wildman–Crippen LogP) is 1.46. The van der Waals surface area contributed by atoms with E-state index < -0.39 is 0 Å². The molecule has 0 amide bonds. The monoisotopic (exact) mass is 185 g/mol. The SMILES string of the molecule is COC(=O)C1CCCCCC(N)C1. The first-order valence-electron chi connectivity index (χ1n) is 5.07. The van der Waals surface area contributed by atoms with Crippen LogP contribution in [-0.2, 0) is 9.53 Å². The molecule has 0 aromatic carbocycles. The molecule has 13 heavy (non-hydrogen) atoms. The fourth-order valence-corrected chi connectivity index (χ4v) is 1.96. The Morgan fingerprint density at radius 1 is 1.31 bits per heavy atom. The van der Waals surface area contributed by atoms with Gasteiger partial charge in [-0.1, -0.05) is 19.3 Å². The molecule has 1 fully saturated rings. The number of carbonyl (C=O) groups is 1. The number of nitrogens with two attached hydrogens (primary N) is 1. The molecule has 0 radical (unpaired) electrons. The van der Waals surface area contributed by atoms with Gasteiger partial charge in [-0.05, 0) is 19.3 Å². The third-order valence-electron chi connectivity index (χ3n) is 2.75. The summed E-state index contributed by atoms with van der Waals surface area (Å²) in [5.74, 6) is -0.0438. The molecule has 1 saturated carbocycles. The number of carbonyl (C=O) groups excluding carboxylic acids is 1. The first-order chi connectivity index (χ1) is 6.24. The summed E-state index contributed by atoms with van der Waals surface area (Å²) in [4.78, 5) is 11.3. The average molecular weight is 185 g/mol. The first-order valence-corrected chi connectivity index (χ1v) is 5.07. The highest BCUT2D eigenvalue weighted by Gasteiger charge is 2.23. The maximum atomic E-state index is 11.3. The van der Waals surface area contributed by atoms with E-state index in [1.807, 2.05) is 0 Å². The third kappa shape index (κ3) is 3.35. The summed E-state index contributed by atoms with van der Waals surface area (Å²) < 4.78 is 4.74. The minimum Gasteiger partial charge on any atom is -0.469 e. The van der Waals surface area contributed by atoms with Crippen LogP contribution in [0.15, 0.2) is 0 Å². The normalized spacial score (nSPS) is 30.3. The summed E-state index contributed by atoms with van der Waals surface area (Å²) in [5.41, 5.74) is 5.88. The Balaban J connectivity index is 2.45. The lowest BCUT2D eigenvalue weighted by atomic mass is 9.89. The van der Waals surface area contributed by atoms with Gasteiger partial charge in [0.25, 0.3) is 0 Å². The standard InChI is InChI=1S/C10H19NO2/c1-13-10(12)8-5-3-2-4-6-9(11)7-8/h8-9H,2-7,11H2,1H3. The van der Waals surface area contributed by atoms with Crippen LogP contribution in [0.5, 0.6) is 0 Å². The fraction of sp³-hybridized carbons (Fsp3) is 0.900. The summed E-state index contributed by atoms with van der Waals surface area (Å²) in [6, 6.07) is 0.185. The van der Waals surface area contributed by atoms with E-state index in [1.54, 1.807) is 0 Å². The van der Waals surface area contributed by atoms with Crippen LogP contribution in [0.4, 0.5) is 0 Å². The molecule has 2 N–H and O–H groups in total. The maximum Gasteiger partial charge on any atom is 0.308 e. The number of ether oxygens (including phenoxy) is 1. The quantitative estimate of drug-likeness (QED) is 0.629. The van der Waals surface area contributed by atoms with Gasteiger partial charge in [0.15, 0.2) is 0 Å². The summed E-state index contributed by atoms with van der Waals surface area (Å²) in [6.07, 6.45) is 6.32. The van der Waals surface area contributed by atoms with Gasteiger partial charge >= 0.3 is 5.97 Å². The molecule has 0 aromatic heterocycles. The van der Waals surface area contributed by atoms with Gasteiger partial charge in [0.05, 0.1) is 13.0 Å². The smallest absolute Gasteiger partial charge is 0.308 e. The van der Waals surface area contributed by atoms with E-state index in [0.717, 1.165) is 25.7 Å². The number of rotatable bonds is 1. The van der Waals surface area contributed by atoms with Crippen molar-refractivity contribution in [2.24, 2.45) is 11.7 Å². The zero-order valence-electron chi connectivity index (χ0n) is 8.29. The van der Waals surface area contributed by atoms with Crippen LogP contribution in [0.1, 0.15) is 38.5 Å². The topological polar surface area (TPSA) is 52.3 Å². The largest absolute Gasteiger partial charge is 0.469 e. The molecule has 1 aliphatic rings. The molecular formula is C10H19NO2. The van der Waals surface area contributed by atoms with Crippen LogP contribution in [0.3, 0.4) is 0 Å². The van der Waals surface area contributed by atoms with Crippen LogP contribution < -0.4 is 5.73 Å². The summed E-state index contributed by atoms with van der Waals surface area (Å²) >= 11 is 0. The number of hydrogen-bond acceptors (Lipinski definition) is 3. The summed E-state index contributed by atoms with van der Waals surface area (Å²) in [7, 11) is 1.45. The second kappa shape index (κ2) is 5.22. The van der Waals surface area contributed by atoms with E-state index in [-0.39, 0.29) is 17.9 Å². The highest BCUT2D eigenvalue weighted by molar-refractivity contribution is 5.72. The molecule has 2 atom stereocenters. The van der Waals surface area contributed by atoms with E-state index in [0.29, 0.717) is 0 Å². The molecule has 3 heteroatoms. The van der Waals surface area contributed by atoms with E-state index in [2.05, 4.69) is 0 Å². The third-order valence-corrected chi connectivity index (χ3v) is 2.75. The van der Waals surface area contributed by atoms with Gasteiger partial charge < -0.3 is 10.5 Å². The molecule has 0 spiro atoms. The Morgan fingerprint density at radius 3 is 2.69 bits per heavy atom. The average Bonchev–Trinajstić information content (AvgIpc) is 2.10. The molecule has 0 aromatic rings. The van der Waals surface area contributed by atoms with Crippen molar-refractivity contribution in [2.45, 2.75) is 44.6 Å². The predicted molar refractivity (Wildman–Crippen MR) is 51.2 cm³/mol. The zero-order chi connectivity index (χ0) is 9.68. The van der Waals surface area contributed by atoms with Gasteiger partial charge in [-0.3, -0.25) is 4.79 Å². The lowest BCUT2D eigenvalue weighted by Gasteiger charge is -2.21. The molecule has 1 rings (SSSR count). The Hall–Kier alpha value is -0.570.